The van der Waals surface area contributed by atoms with Gasteiger partial charge in [-0.15, -0.1) is 0 Å². The van der Waals surface area contributed by atoms with Crippen LogP contribution in [0.5, 0.6) is 0 Å². The second-order valence-corrected chi connectivity index (χ2v) is 7.37. The molecule has 8 heteroatoms. The quantitative estimate of drug-likeness (QED) is 0.390. The van der Waals surface area contributed by atoms with Crippen molar-refractivity contribution >= 4 is 40.7 Å². The Balaban J connectivity index is 1.76. The Morgan fingerprint density at radius 1 is 1.03 bits per heavy atom. The number of hydrogen-bond donors (Lipinski definition) is 1. The van der Waals surface area contributed by atoms with Crippen LogP contribution < -0.4 is 5.73 Å². The summed E-state index contributed by atoms with van der Waals surface area (Å²) in [6.45, 7) is 0. The summed E-state index contributed by atoms with van der Waals surface area (Å²) in [7, 11) is 0. The van der Waals surface area contributed by atoms with Crippen LogP contribution in [-0.2, 0) is 0 Å². The topological polar surface area (TPSA) is 105 Å². The summed E-state index contributed by atoms with van der Waals surface area (Å²) in [6.07, 6.45) is 1.51. The molecule has 0 aliphatic heterocycles. The second-order valence-electron chi connectivity index (χ2n) is 6.50. The standard InChI is InChI=1S/C23H13Cl2N5O/c24-16-8-14(9-17(25)11-16)21-7-6-19(31-21)10-15(12-26)22-20(13-27)23(28)30(29-22)18-4-2-1-3-5-18/h1-11H,28H2/b15-10+. The fraction of sp³-hybridized carbons (Fsp3) is 0. The van der Waals surface area contributed by atoms with Crippen LogP contribution in [0.2, 0.25) is 10.0 Å². The van der Waals surface area contributed by atoms with E-state index >= 15 is 0 Å². The maximum Gasteiger partial charge on any atom is 0.145 e. The van der Waals surface area contributed by atoms with E-state index in [0.29, 0.717) is 32.8 Å². The number of nitrogens with zero attached hydrogens (tertiary/aromatic N) is 4. The SMILES string of the molecule is N#C/C(=C\c1ccc(-c2cc(Cl)cc(Cl)c2)o1)c1nn(-c2ccccc2)c(N)c1C#N. The fourth-order valence-electron chi connectivity index (χ4n) is 3.07. The van der Waals surface area contributed by atoms with Crippen LogP contribution in [0, 0.1) is 22.7 Å². The Bertz CT molecular complexity index is 1370. The third-order valence-corrected chi connectivity index (χ3v) is 4.91. The van der Waals surface area contributed by atoms with Gasteiger partial charge in [-0.1, -0.05) is 41.4 Å². The lowest BCUT2D eigenvalue weighted by Gasteiger charge is -2.02. The largest absolute Gasteiger partial charge is 0.457 e. The number of aromatic nitrogens is 2. The number of nitriles is 2. The van der Waals surface area contributed by atoms with Crippen molar-refractivity contribution < 1.29 is 4.42 Å². The molecule has 4 aromatic rings. The molecule has 2 N–H and O–H groups in total. The number of furan rings is 1. The van der Waals surface area contributed by atoms with Gasteiger partial charge in [0.25, 0.3) is 0 Å². The molecule has 0 saturated carbocycles. The zero-order valence-electron chi connectivity index (χ0n) is 15.9. The van der Waals surface area contributed by atoms with E-state index in [-0.39, 0.29) is 22.6 Å². The van der Waals surface area contributed by atoms with E-state index < -0.39 is 0 Å². The molecule has 2 heterocycles. The lowest BCUT2D eigenvalue weighted by molar-refractivity contribution is 0.572. The zero-order chi connectivity index (χ0) is 22.0. The monoisotopic (exact) mass is 445 g/mol. The summed E-state index contributed by atoms with van der Waals surface area (Å²) in [6, 6.07) is 21.8. The highest BCUT2D eigenvalue weighted by atomic mass is 35.5. The predicted molar refractivity (Wildman–Crippen MR) is 120 cm³/mol. The summed E-state index contributed by atoms with van der Waals surface area (Å²) in [5.74, 6) is 1.08. The molecule has 2 aromatic heterocycles. The van der Waals surface area contributed by atoms with E-state index in [2.05, 4.69) is 11.2 Å². The molecular formula is C23H13Cl2N5O. The van der Waals surface area contributed by atoms with Gasteiger partial charge in [-0.05, 0) is 42.5 Å². The Kier molecular flexibility index (Phi) is 5.51. The van der Waals surface area contributed by atoms with Crippen molar-refractivity contribution in [2.24, 2.45) is 0 Å². The number of allylic oxidation sites excluding steroid dienone is 1. The van der Waals surface area contributed by atoms with Crippen LogP contribution in [0.25, 0.3) is 28.7 Å². The maximum absolute atomic E-state index is 9.73. The first kappa shape index (κ1) is 20.3. The molecule has 0 unspecified atom stereocenters. The number of nitrogen functional groups attached to an aromatic ring is 1. The molecule has 0 bridgehead atoms. The fourth-order valence-corrected chi connectivity index (χ4v) is 3.60. The van der Waals surface area contributed by atoms with Gasteiger partial charge >= 0.3 is 0 Å². The summed E-state index contributed by atoms with van der Waals surface area (Å²) < 4.78 is 7.27. The Morgan fingerprint density at radius 2 is 1.74 bits per heavy atom. The minimum absolute atomic E-state index is 0.116. The Morgan fingerprint density at radius 3 is 2.39 bits per heavy atom. The molecule has 0 saturated heterocycles. The van der Waals surface area contributed by atoms with Gasteiger partial charge in [0.2, 0.25) is 0 Å². The Labute approximate surface area is 188 Å². The van der Waals surface area contributed by atoms with Crippen LogP contribution in [-0.4, -0.2) is 9.78 Å². The highest BCUT2D eigenvalue weighted by Gasteiger charge is 2.20. The van der Waals surface area contributed by atoms with Crippen LogP contribution in [0.4, 0.5) is 5.82 Å². The van der Waals surface area contributed by atoms with E-state index in [9.17, 15) is 10.5 Å². The van der Waals surface area contributed by atoms with Crippen molar-refractivity contribution in [3.8, 4) is 29.1 Å². The van der Waals surface area contributed by atoms with Crippen molar-refractivity contribution in [2.45, 2.75) is 0 Å². The average molecular weight is 446 g/mol. The van der Waals surface area contributed by atoms with Crippen molar-refractivity contribution in [3.05, 3.63) is 87.7 Å². The molecule has 0 atom stereocenters. The predicted octanol–water partition coefficient (Wildman–Crippen LogP) is 5.96. The highest BCUT2D eigenvalue weighted by molar-refractivity contribution is 6.35. The van der Waals surface area contributed by atoms with Crippen LogP contribution in [0.15, 0.2) is 65.1 Å². The van der Waals surface area contributed by atoms with Gasteiger partial charge in [0.05, 0.1) is 11.3 Å². The molecular weight excluding hydrogens is 433 g/mol. The molecule has 150 valence electrons. The van der Waals surface area contributed by atoms with Gasteiger partial charge in [-0.3, -0.25) is 0 Å². The molecule has 0 aliphatic carbocycles. The summed E-state index contributed by atoms with van der Waals surface area (Å²) in [4.78, 5) is 0. The van der Waals surface area contributed by atoms with Crippen LogP contribution >= 0.6 is 23.2 Å². The van der Waals surface area contributed by atoms with E-state index in [0.717, 1.165) is 0 Å². The maximum atomic E-state index is 9.73. The number of anilines is 1. The minimum atomic E-state index is 0.116. The molecule has 0 radical (unpaired) electrons. The van der Waals surface area contributed by atoms with Crippen molar-refractivity contribution in [2.75, 3.05) is 5.73 Å². The van der Waals surface area contributed by atoms with E-state index in [1.54, 1.807) is 42.5 Å². The summed E-state index contributed by atoms with van der Waals surface area (Å²) in [5, 5.41) is 24.7. The zero-order valence-corrected chi connectivity index (χ0v) is 17.4. The van der Waals surface area contributed by atoms with Crippen molar-refractivity contribution in [3.63, 3.8) is 0 Å². The summed E-state index contributed by atoms with van der Waals surface area (Å²) >= 11 is 12.1. The summed E-state index contributed by atoms with van der Waals surface area (Å²) in [5.41, 5.74) is 7.95. The smallest absolute Gasteiger partial charge is 0.145 e. The van der Waals surface area contributed by atoms with Gasteiger partial charge in [-0.25, -0.2) is 4.68 Å². The number of rotatable bonds is 4. The molecule has 0 aliphatic rings. The third kappa shape index (κ3) is 4.04. The number of para-hydroxylation sites is 1. The molecule has 2 aromatic carbocycles. The average Bonchev–Trinajstić information content (AvgIpc) is 3.36. The van der Waals surface area contributed by atoms with Gasteiger partial charge in [-0.2, -0.15) is 15.6 Å². The number of hydrogen-bond acceptors (Lipinski definition) is 5. The molecule has 0 amide bonds. The molecule has 6 nitrogen and oxygen atoms in total. The highest BCUT2D eigenvalue weighted by Crippen LogP contribution is 2.31. The number of benzene rings is 2. The van der Waals surface area contributed by atoms with E-state index in [1.807, 2.05) is 24.3 Å². The van der Waals surface area contributed by atoms with Gasteiger partial charge in [0.1, 0.15) is 40.7 Å². The van der Waals surface area contributed by atoms with Crippen LogP contribution in [0.3, 0.4) is 0 Å². The number of halogens is 2. The van der Waals surface area contributed by atoms with Gasteiger partial charge in [0.15, 0.2) is 0 Å². The second kappa shape index (κ2) is 8.41. The molecule has 4 rings (SSSR count). The van der Waals surface area contributed by atoms with Gasteiger partial charge in [0, 0.05) is 21.7 Å². The first-order valence-electron chi connectivity index (χ1n) is 9.02. The molecule has 31 heavy (non-hydrogen) atoms. The van der Waals surface area contributed by atoms with Crippen molar-refractivity contribution in [1.29, 1.82) is 10.5 Å². The molecule has 0 fully saturated rings. The van der Waals surface area contributed by atoms with Gasteiger partial charge < -0.3 is 10.2 Å². The lowest BCUT2D eigenvalue weighted by Crippen LogP contribution is -2.02. The third-order valence-electron chi connectivity index (χ3n) is 4.47. The Hall–Kier alpha value is -3.97. The van der Waals surface area contributed by atoms with E-state index in [1.165, 1.54) is 10.8 Å². The first-order chi connectivity index (χ1) is 15.0. The van der Waals surface area contributed by atoms with Crippen LogP contribution in [0.1, 0.15) is 17.0 Å². The first-order valence-corrected chi connectivity index (χ1v) is 9.78. The molecule has 0 spiro atoms. The van der Waals surface area contributed by atoms with Crippen molar-refractivity contribution in [1.82, 2.24) is 9.78 Å². The number of nitrogens with two attached hydrogens (primary N) is 1. The lowest BCUT2D eigenvalue weighted by atomic mass is 10.1. The van der Waals surface area contributed by atoms with E-state index in [4.69, 9.17) is 33.4 Å². The minimum Gasteiger partial charge on any atom is -0.457 e. The normalized spacial score (nSPS) is 11.2.